The molecule has 1 N–H and O–H groups in total. The number of hydrogen-bond donors (Lipinski definition) is 1. The number of imide groups is 1. The molecule has 4 amide bonds. The first-order valence-electron chi connectivity index (χ1n) is 13.3. The minimum atomic E-state index is -0.591. The zero-order chi connectivity index (χ0) is 26.3. The number of ether oxygens (including phenoxy) is 1. The number of nitrogens with one attached hydrogen (secondary N) is 1. The number of likely N-dealkylation sites (tertiary alicyclic amines) is 1. The van der Waals surface area contributed by atoms with Crippen LogP contribution < -0.4 is 10.2 Å². The lowest BCUT2D eigenvalue weighted by Crippen LogP contribution is -2.54. The van der Waals surface area contributed by atoms with E-state index in [4.69, 9.17) is 4.74 Å². The second-order valence-corrected chi connectivity index (χ2v) is 11.5. The fourth-order valence-corrected chi connectivity index (χ4v) is 5.84. The molecule has 10 heteroatoms. The molecule has 4 aliphatic rings. The number of piperidine rings is 2. The Morgan fingerprint density at radius 2 is 1.68 bits per heavy atom. The van der Waals surface area contributed by atoms with E-state index < -0.39 is 11.6 Å². The fraction of sp³-hybridized carbons (Fsp3) is 0.630. The number of rotatable bonds is 3. The maximum Gasteiger partial charge on any atom is 0.410 e. The predicted molar refractivity (Wildman–Crippen MR) is 137 cm³/mol. The van der Waals surface area contributed by atoms with Crippen LogP contribution in [0.1, 0.15) is 62.4 Å². The lowest BCUT2D eigenvalue weighted by molar-refractivity contribution is -0.136. The van der Waals surface area contributed by atoms with Crippen molar-refractivity contribution < 1.29 is 23.9 Å². The fourth-order valence-electron chi connectivity index (χ4n) is 5.84. The maximum atomic E-state index is 13.0. The van der Waals surface area contributed by atoms with Gasteiger partial charge in [0, 0.05) is 69.5 Å². The summed E-state index contributed by atoms with van der Waals surface area (Å²) in [5, 5.41) is 2.35. The summed E-state index contributed by atoms with van der Waals surface area (Å²) in [7, 11) is 0. The molecule has 10 nitrogen and oxygen atoms in total. The van der Waals surface area contributed by atoms with Gasteiger partial charge in [-0.05, 0) is 63.8 Å². The van der Waals surface area contributed by atoms with Gasteiger partial charge in [0.05, 0.1) is 0 Å². The molecule has 3 fully saturated rings. The predicted octanol–water partition coefficient (Wildman–Crippen LogP) is 1.97. The summed E-state index contributed by atoms with van der Waals surface area (Å²) < 4.78 is 5.52. The van der Waals surface area contributed by atoms with E-state index in [1.807, 2.05) is 37.8 Å². The Bertz CT molecular complexity index is 1080. The van der Waals surface area contributed by atoms with Gasteiger partial charge in [-0.2, -0.15) is 0 Å². The van der Waals surface area contributed by atoms with Crippen LogP contribution in [0.4, 0.5) is 10.5 Å². The van der Waals surface area contributed by atoms with E-state index in [2.05, 4.69) is 21.2 Å². The van der Waals surface area contributed by atoms with Gasteiger partial charge in [-0.1, -0.05) is 0 Å². The van der Waals surface area contributed by atoms with Gasteiger partial charge >= 0.3 is 6.09 Å². The highest BCUT2D eigenvalue weighted by Gasteiger charge is 2.39. The van der Waals surface area contributed by atoms with Crippen molar-refractivity contribution in [3.8, 4) is 0 Å². The van der Waals surface area contributed by atoms with Crippen LogP contribution in [0.5, 0.6) is 0 Å². The Balaban J connectivity index is 1.14. The van der Waals surface area contributed by atoms with E-state index in [-0.39, 0.29) is 30.2 Å². The van der Waals surface area contributed by atoms with Crippen molar-refractivity contribution in [1.82, 2.24) is 20.0 Å². The minimum Gasteiger partial charge on any atom is -0.444 e. The van der Waals surface area contributed by atoms with Crippen LogP contribution in [-0.4, -0.2) is 95.5 Å². The van der Waals surface area contributed by atoms with Gasteiger partial charge < -0.3 is 19.4 Å². The number of carbonyl (C=O) groups excluding carboxylic acids is 4. The highest BCUT2D eigenvalue weighted by atomic mass is 16.6. The monoisotopic (exact) mass is 511 g/mol. The van der Waals surface area contributed by atoms with Crippen molar-refractivity contribution in [1.29, 1.82) is 0 Å². The third-order valence-electron chi connectivity index (χ3n) is 7.82. The Hall–Kier alpha value is -3.14. The quantitative estimate of drug-likeness (QED) is 0.619. The molecular formula is C27H37N5O5. The first-order chi connectivity index (χ1) is 17.6. The van der Waals surface area contributed by atoms with E-state index in [0.29, 0.717) is 24.6 Å². The van der Waals surface area contributed by atoms with E-state index in [9.17, 15) is 19.2 Å². The number of piperazine rings is 1. The molecule has 1 atom stereocenters. The van der Waals surface area contributed by atoms with E-state index >= 15 is 0 Å². The van der Waals surface area contributed by atoms with Gasteiger partial charge in [0.25, 0.3) is 5.91 Å². The molecule has 0 aromatic heterocycles. The van der Waals surface area contributed by atoms with Crippen LogP contribution >= 0.6 is 0 Å². The molecule has 0 bridgehead atoms. The summed E-state index contributed by atoms with van der Waals surface area (Å²) in [6.07, 6.45) is 2.32. The van der Waals surface area contributed by atoms with Crippen molar-refractivity contribution in [3.63, 3.8) is 0 Å². The topological polar surface area (TPSA) is 102 Å². The summed E-state index contributed by atoms with van der Waals surface area (Å²) in [6, 6.07) is 5.83. The Labute approximate surface area is 217 Å². The SMILES string of the molecule is CC(C)(C)OC(=O)N1CCC(N2CCN(c3ccc4c(c3)CN(C3CCC(=O)NC3=O)C4=O)CC2)CC1. The number of amides is 4. The molecule has 4 aliphatic heterocycles. The van der Waals surface area contributed by atoms with E-state index in [1.54, 1.807) is 4.90 Å². The highest BCUT2D eigenvalue weighted by Crippen LogP contribution is 2.31. The van der Waals surface area contributed by atoms with E-state index in [0.717, 1.165) is 63.4 Å². The second-order valence-electron chi connectivity index (χ2n) is 11.5. The van der Waals surface area contributed by atoms with Crippen LogP contribution in [0.15, 0.2) is 18.2 Å². The molecular weight excluding hydrogens is 474 g/mol. The molecule has 5 rings (SSSR count). The lowest BCUT2D eigenvalue weighted by Gasteiger charge is -2.43. The average molecular weight is 512 g/mol. The summed E-state index contributed by atoms with van der Waals surface area (Å²) in [6.45, 7) is 11.2. The number of nitrogens with zero attached hydrogens (tertiary/aromatic N) is 4. The molecule has 0 saturated carbocycles. The van der Waals surface area contributed by atoms with Gasteiger partial charge in [0.1, 0.15) is 11.6 Å². The summed E-state index contributed by atoms with van der Waals surface area (Å²) >= 11 is 0. The highest BCUT2D eigenvalue weighted by molar-refractivity contribution is 6.05. The normalized spacial score (nSPS) is 23.8. The standard InChI is InChI=1S/C27H37N5O5/c1-27(2,3)37-26(36)31-10-8-19(9-11-31)29-12-14-30(15-13-29)20-4-5-21-18(16-20)17-32(25(21)35)22-6-7-23(33)28-24(22)34/h4-5,16,19,22H,6-15,17H2,1-3H3,(H,28,33,34). The molecule has 0 radical (unpaired) electrons. The van der Waals surface area contributed by atoms with Gasteiger partial charge in [-0.25, -0.2) is 4.79 Å². The number of benzene rings is 1. The molecule has 0 aliphatic carbocycles. The third-order valence-corrected chi connectivity index (χ3v) is 7.82. The van der Waals surface area contributed by atoms with Crippen molar-refractivity contribution in [2.45, 2.75) is 70.7 Å². The van der Waals surface area contributed by atoms with Crippen molar-refractivity contribution in [2.75, 3.05) is 44.2 Å². The van der Waals surface area contributed by atoms with Crippen LogP contribution in [0.25, 0.3) is 0 Å². The summed E-state index contributed by atoms with van der Waals surface area (Å²) in [5.74, 6) is -0.801. The molecule has 3 saturated heterocycles. The Kier molecular flexibility index (Phi) is 6.87. The molecule has 0 spiro atoms. The third kappa shape index (κ3) is 5.44. The van der Waals surface area contributed by atoms with E-state index in [1.165, 1.54) is 0 Å². The van der Waals surface area contributed by atoms with Gasteiger partial charge in [-0.15, -0.1) is 0 Å². The van der Waals surface area contributed by atoms with Crippen LogP contribution in [0.3, 0.4) is 0 Å². The van der Waals surface area contributed by atoms with Crippen LogP contribution in [-0.2, 0) is 20.9 Å². The number of hydrogen-bond acceptors (Lipinski definition) is 7. The van der Waals surface area contributed by atoms with Crippen molar-refractivity contribution in [3.05, 3.63) is 29.3 Å². The van der Waals surface area contributed by atoms with Crippen molar-refractivity contribution in [2.24, 2.45) is 0 Å². The van der Waals surface area contributed by atoms with Gasteiger partial charge in [0.15, 0.2) is 0 Å². The lowest BCUT2D eigenvalue weighted by atomic mass is 10.0. The number of carbonyl (C=O) groups is 4. The smallest absolute Gasteiger partial charge is 0.410 e. The summed E-state index contributed by atoms with van der Waals surface area (Å²) in [4.78, 5) is 57.4. The van der Waals surface area contributed by atoms with Crippen LogP contribution in [0.2, 0.25) is 0 Å². The molecule has 1 unspecified atom stereocenters. The maximum absolute atomic E-state index is 13.0. The molecule has 1 aromatic rings. The first kappa shape index (κ1) is 25.5. The zero-order valence-corrected chi connectivity index (χ0v) is 22.0. The molecule has 1 aromatic carbocycles. The zero-order valence-electron chi connectivity index (χ0n) is 22.0. The first-order valence-corrected chi connectivity index (χ1v) is 13.3. The minimum absolute atomic E-state index is 0.140. The van der Waals surface area contributed by atoms with Gasteiger partial charge in [0.2, 0.25) is 11.8 Å². The molecule has 200 valence electrons. The average Bonchev–Trinajstić information content (AvgIpc) is 3.18. The summed E-state index contributed by atoms with van der Waals surface area (Å²) in [5.41, 5.74) is 2.20. The largest absolute Gasteiger partial charge is 0.444 e. The van der Waals surface area contributed by atoms with Gasteiger partial charge in [-0.3, -0.25) is 24.6 Å². The number of fused-ring (bicyclic) bond motifs is 1. The molecule has 4 heterocycles. The second kappa shape index (κ2) is 9.96. The molecule has 37 heavy (non-hydrogen) atoms. The Morgan fingerprint density at radius 1 is 0.973 bits per heavy atom. The number of anilines is 1. The van der Waals surface area contributed by atoms with Crippen molar-refractivity contribution >= 4 is 29.5 Å². The Morgan fingerprint density at radius 3 is 2.32 bits per heavy atom. The van der Waals surface area contributed by atoms with Crippen LogP contribution in [0, 0.1) is 0 Å².